The molecule has 2 aromatic heterocycles. The van der Waals surface area contributed by atoms with E-state index in [1.807, 2.05) is 49.5 Å². The molecule has 4 aromatic rings. The Hall–Kier alpha value is -2.86. The Labute approximate surface area is 179 Å². The van der Waals surface area contributed by atoms with Gasteiger partial charge in [0.1, 0.15) is 0 Å². The molecule has 0 unspecified atom stereocenters. The Morgan fingerprint density at radius 3 is 2.67 bits per heavy atom. The largest absolute Gasteiger partial charge is 0.360 e. The number of carbonyl (C=O) groups excluding carboxylic acids is 1. The fraction of sp³-hybridized carbons (Fsp3) is 0.292. The van der Waals surface area contributed by atoms with E-state index in [2.05, 4.69) is 38.8 Å². The van der Waals surface area contributed by atoms with E-state index in [1.165, 1.54) is 17.3 Å². The van der Waals surface area contributed by atoms with Gasteiger partial charge in [0.05, 0.1) is 5.25 Å². The van der Waals surface area contributed by atoms with E-state index in [9.17, 15) is 4.79 Å². The zero-order valence-corrected chi connectivity index (χ0v) is 17.9. The minimum atomic E-state index is -0.227. The van der Waals surface area contributed by atoms with Gasteiger partial charge in [-0.05, 0) is 37.8 Å². The quantitative estimate of drug-likeness (QED) is 0.311. The molecular formula is C24H24N4OS. The summed E-state index contributed by atoms with van der Waals surface area (Å²) in [5.41, 5.74) is 4.14. The van der Waals surface area contributed by atoms with Gasteiger partial charge in [0.25, 0.3) is 0 Å². The van der Waals surface area contributed by atoms with Gasteiger partial charge in [-0.15, -0.1) is 10.2 Å². The molecule has 0 bridgehead atoms. The topological polar surface area (TPSA) is 63.6 Å². The molecule has 1 N–H and O–H groups in total. The number of aromatic nitrogens is 4. The van der Waals surface area contributed by atoms with Crippen LogP contribution in [0.3, 0.4) is 0 Å². The van der Waals surface area contributed by atoms with Crippen molar-refractivity contribution < 1.29 is 4.79 Å². The average Bonchev–Trinajstić information content (AvgIpc) is 3.40. The molecule has 0 saturated heterocycles. The van der Waals surface area contributed by atoms with Crippen LogP contribution in [0.1, 0.15) is 48.7 Å². The minimum absolute atomic E-state index is 0.127. The Balaban J connectivity index is 1.44. The van der Waals surface area contributed by atoms with Crippen molar-refractivity contribution in [3.05, 3.63) is 65.9 Å². The van der Waals surface area contributed by atoms with Gasteiger partial charge in [-0.2, -0.15) is 0 Å². The number of H-pyrrole nitrogens is 1. The van der Waals surface area contributed by atoms with Crippen LogP contribution in [-0.2, 0) is 6.42 Å². The lowest BCUT2D eigenvalue weighted by molar-refractivity contribution is 0.0994. The summed E-state index contributed by atoms with van der Waals surface area (Å²) >= 11 is 1.50. The zero-order chi connectivity index (χ0) is 20.7. The zero-order valence-electron chi connectivity index (χ0n) is 17.1. The van der Waals surface area contributed by atoms with Crippen LogP contribution >= 0.6 is 11.8 Å². The van der Waals surface area contributed by atoms with Gasteiger partial charge >= 0.3 is 0 Å². The summed E-state index contributed by atoms with van der Waals surface area (Å²) in [6.45, 7) is 4.07. The van der Waals surface area contributed by atoms with Crippen LogP contribution in [0.5, 0.6) is 0 Å². The van der Waals surface area contributed by atoms with Crippen molar-refractivity contribution in [2.45, 2.75) is 49.6 Å². The number of aryl methyl sites for hydroxylation is 1. The first-order valence-corrected chi connectivity index (χ1v) is 11.3. The maximum Gasteiger partial charge on any atom is 0.192 e. The third-order valence-corrected chi connectivity index (χ3v) is 6.76. The van der Waals surface area contributed by atoms with Crippen LogP contribution in [0.2, 0.25) is 0 Å². The Morgan fingerprint density at radius 2 is 1.93 bits per heavy atom. The van der Waals surface area contributed by atoms with Gasteiger partial charge < -0.3 is 4.98 Å². The number of rotatable bonds is 7. The number of thioether (sulfide) groups is 1. The average molecular weight is 417 g/mol. The summed E-state index contributed by atoms with van der Waals surface area (Å²) in [6.07, 6.45) is 5.23. The number of Topliss-reactive ketones (excluding diaryl/α,β-unsaturated/α-hetero) is 1. The lowest BCUT2D eigenvalue weighted by Crippen LogP contribution is -2.14. The van der Waals surface area contributed by atoms with Crippen molar-refractivity contribution in [3.8, 4) is 11.4 Å². The number of para-hydroxylation sites is 1. The van der Waals surface area contributed by atoms with Gasteiger partial charge in [-0.25, -0.2) is 0 Å². The standard InChI is InChI=1S/C24H24N4OS/c1-3-16-8-10-17(11-9-16)22(29)15(2)30-24-27-26-23(28(24)18-12-13-18)20-14-25-21-7-5-4-6-19(20)21/h4-11,14-15,18,25H,3,12-13H2,1-2H3/t15-/m0/s1. The third kappa shape index (κ3) is 3.45. The first kappa shape index (κ1) is 19.1. The predicted molar refractivity (Wildman–Crippen MR) is 121 cm³/mol. The van der Waals surface area contributed by atoms with E-state index in [4.69, 9.17) is 0 Å². The van der Waals surface area contributed by atoms with E-state index in [-0.39, 0.29) is 11.0 Å². The van der Waals surface area contributed by atoms with Gasteiger partial charge in [-0.1, -0.05) is 61.2 Å². The molecule has 30 heavy (non-hydrogen) atoms. The molecule has 0 radical (unpaired) electrons. The highest BCUT2D eigenvalue weighted by Crippen LogP contribution is 2.43. The lowest BCUT2D eigenvalue weighted by Gasteiger charge is -2.12. The van der Waals surface area contributed by atoms with Crippen molar-refractivity contribution in [1.29, 1.82) is 0 Å². The lowest BCUT2D eigenvalue weighted by atomic mass is 10.1. The SMILES string of the molecule is CCc1ccc(C(=O)[C@H](C)Sc2nnc(-c3c[nH]c4ccccc34)n2C2CC2)cc1. The summed E-state index contributed by atoms with van der Waals surface area (Å²) in [5.74, 6) is 1.01. The molecule has 0 aliphatic heterocycles. The Morgan fingerprint density at radius 1 is 1.17 bits per heavy atom. The van der Waals surface area contributed by atoms with E-state index in [0.29, 0.717) is 6.04 Å². The molecule has 152 valence electrons. The van der Waals surface area contributed by atoms with E-state index >= 15 is 0 Å². The van der Waals surface area contributed by atoms with Gasteiger partial charge in [0.15, 0.2) is 16.8 Å². The molecule has 2 aromatic carbocycles. The summed E-state index contributed by atoms with van der Waals surface area (Å²) < 4.78 is 2.23. The summed E-state index contributed by atoms with van der Waals surface area (Å²) in [4.78, 5) is 16.3. The smallest absolute Gasteiger partial charge is 0.192 e. The second kappa shape index (κ2) is 7.76. The molecule has 1 fully saturated rings. The maximum absolute atomic E-state index is 13.0. The Bertz CT molecular complexity index is 1200. The van der Waals surface area contributed by atoms with Gasteiger partial charge in [0.2, 0.25) is 0 Å². The molecule has 5 nitrogen and oxygen atoms in total. The summed E-state index contributed by atoms with van der Waals surface area (Å²) in [7, 11) is 0. The van der Waals surface area contributed by atoms with Crippen molar-refractivity contribution in [1.82, 2.24) is 19.7 Å². The van der Waals surface area contributed by atoms with E-state index in [0.717, 1.165) is 52.3 Å². The highest BCUT2D eigenvalue weighted by Gasteiger charge is 2.32. The first-order chi connectivity index (χ1) is 14.7. The van der Waals surface area contributed by atoms with Crippen molar-refractivity contribution in [3.63, 3.8) is 0 Å². The molecular weight excluding hydrogens is 392 g/mol. The normalized spacial score (nSPS) is 14.9. The molecule has 6 heteroatoms. The molecule has 1 atom stereocenters. The summed E-state index contributed by atoms with van der Waals surface area (Å²) in [6, 6.07) is 16.6. The van der Waals surface area contributed by atoms with Crippen LogP contribution in [0.25, 0.3) is 22.3 Å². The molecule has 1 aliphatic rings. The number of benzene rings is 2. The molecule has 0 amide bonds. The van der Waals surface area contributed by atoms with Crippen LogP contribution in [0.4, 0.5) is 0 Å². The first-order valence-electron chi connectivity index (χ1n) is 10.5. The molecule has 1 saturated carbocycles. The van der Waals surface area contributed by atoms with E-state index < -0.39 is 0 Å². The molecule has 0 spiro atoms. The Kier molecular flexibility index (Phi) is 4.95. The number of carbonyl (C=O) groups is 1. The third-order valence-electron chi connectivity index (χ3n) is 5.70. The molecule has 1 aliphatic carbocycles. The number of aromatic amines is 1. The fourth-order valence-electron chi connectivity index (χ4n) is 3.81. The van der Waals surface area contributed by atoms with Crippen LogP contribution in [0.15, 0.2) is 59.9 Å². The van der Waals surface area contributed by atoms with Gasteiger partial charge in [-0.3, -0.25) is 9.36 Å². The number of nitrogens with one attached hydrogen (secondary N) is 1. The monoisotopic (exact) mass is 416 g/mol. The highest BCUT2D eigenvalue weighted by atomic mass is 32.2. The minimum Gasteiger partial charge on any atom is -0.360 e. The van der Waals surface area contributed by atoms with Crippen LogP contribution < -0.4 is 0 Å². The maximum atomic E-state index is 13.0. The van der Waals surface area contributed by atoms with Crippen LogP contribution in [-0.4, -0.2) is 30.8 Å². The molecule has 2 heterocycles. The van der Waals surface area contributed by atoms with Gasteiger partial charge in [0, 0.05) is 34.3 Å². The second-order valence-electron chi connectivity index (χ2n) is 7.83. The number of ketones is 1. The number of fused-ring (bicyclic) bond motifs is 1. The van der Waals surface area contributed by atoms with Crippen molar-refractivity contribution in [2.75, 3.05) is 0 Å². The molecule has 5 rings (SSSR count). The number of hydrogen-bond acceptors (Lipinski definition) is 4. The summed E-state index contributed by atoms with van der Waals surface area (Å²) in [5, 5.41) is 10.8. The van der Waals surface area contributed by atoms with Crippen LogP contribution in [0, 0.1) is 0 Å². The van der Waals surface area contributed by atoms with Crippen molar-refractivity contribution >= 4 is 28.4 Å². The van der Waals surface area contributed by atoms with E-state index in [1.54, 1.807) is 0 Å². The fourth-order valence-corrected chi connectivity index (χ4v) is 4.81. The highest BCUT2D eigenvalue weighted by molar-refractivity contribution is 8.00. The number of hydrogen-bond donors (Lipinski definition) is 1. The van der Waals surface area contributed by atoms with Crippen molar-refractivity contribution in [2.24, 2.45) is 0 Å². The predicted octanol–water partition coefficient (Wildman–Crippen LogP) is 5.69. The number of nitrogens with zero attached hydrogens (tertiary/aromatic N) is 3. The second-order valence-corrected chi connectivity index (χ2v) is 9.14.